The van der Waals surface area contributed by atoms with Crippen molar-refractivity contribution in [2.24, 2.45) is 0 Å². The predicted molar refractivity (Wildman–Crippen MR) is 85.9 cm³/mol. The first kappa shape index (κ1) is 14.2. The SMILES string of the molecule is COc1cccc(C(=O)Cc2ccc3[nH]ccc3c2)c1OC. The summed E-state index contributed by atoms with van der Waals surface area (Å²) in [5.74, 6) is 1.05. The third-order valence-corrected chi connectivity index (χ3v) is 3.69. The van der Waals surface area contributed by atoms with E-state index in [-0.39, 0.29) is 5.78 Å². The highest BCUT2D eigenvalue weighted by molar-refractivity contribution is 6.01. The molecule has 1 aromatic heterocycles. The van der Waals surface area contributed by atoms with Gasteiger partial charge in [-0.2, -0.15) is 0 Å². The molecule has 0 saturated heterocycles. The first-order valence-electron chi connectivity index (χ1n) is 7.03. The number of methoxy groups -OCH3 is 2. The monoisotopic (exact) mass is 295 g/mol. The van der Waals surface area contributed by atoms with Crippen molar-refractivity contribution in [2.45, 2.75) is 6.42 Å². The second-order valence-electron chi connectivity index (χ2n) is 5.04. The van der Waals surface area contributed by atoms with Crippen molar-refractivity contribution in [3.05, 3.63) is 59.8 Å². The Bertz CT molecular complexity index is 820. The van der Waals surface area contributed by atoms with Crippen molar-refractivity contribution >= 4 is 16.7 Å². The lowest BCUT2D eigenvalue weighted by molar-refractivity contribution is 0.0989. The number of carbonyl (C=O) groups excluding carboxylic acids is 1. The molecule has 4 heteroatoms. The number of aromatic amines is 1. The average molecular weight is 295 g/mol. The van der Waals surface area contributed by atoms with E-state index < -0.39 is 0 Å². The summed E-state index contributed by atoms with van der Waals surface area (Å²) in [4.78, 5) is 15.7. The van der Waals surface area contributed by atoms with E-state index in [1.165, 1.54) is 0 Å². The van der Waals surface area contributed by atoms with E-state index in [4.69, 9.17) is 9.47 Å². The fraction of sp³-hybridized carbons (Fsp3) is 0.167. The van der Waals surface area contributed by atoms with E-state index in [0.29, 0.717) is 23.5 Å². The number of ether oxygens (including phenoxy) is 2. The van der Waals surface area contributed by atoms with Gasteiger partial charge in [-0.15, -0.1) is 0 Å². The molecular formula is C18H17NO3. The molecule has 0 aliphatic heterocycles. The minimum atomic E-state index is 0.00522. The summed E-state index contributed by atoms with van der Waals surface area (Å²) in [6.45, 7) is 0. The third kappa shape index (κ3) is 2.55. The summed E-state index contributed by atoms with van der Waals surface area (Å²) in [5.41, 5.74) is 2.58. The number of fused-ring (bicyclic) bond motifs is 1. The summed E-state index contributed by atoms with van der Waals surface area (Å²) >= 11 is 0. The number of rotatable bonds is 5. The number of carbonyl (C=O) groups is 1. The van der Waals surface area contributed by atoms with Gasteiger partial charge in [0.1, 0.15) is 0 Å². The van der Waals surface area contributed by atoms with Crippen molar-refractivity contribution in [1.29, 1.82) is 0 Å². The van der Waals surface area contributed by atoms with E-state index in [0.717, 1.165) is 16.5 Å². The van der Waals surface area contributed by atoms with Gasteiger partial charge in [0.05, 0.1) is 19.8 Å². The molecular weight excluding hydrogens is 278 g/mol. The van der Waals surface area contributed by atoms with E-state index in [2.05, 4.69) is 4.98 Å². The second-order valence-corrected chi connectivity index (χ2v) is 5.04. The maximum absolute atomic E-state index is 12.6. The molecule has 1 heterocycles. The van der Waals surface area contributed by atoms with Gasteiger partial charge in [-0.1, -0.05) is 12.1 Å². The van der Waals surface area contributed by atoms with Crippen LogP contribution in [0.1, 0.15) is 15.9 Å². The third-order valence-electron chi connectivity index (χ3n) is 3.69. The van der Waals surface area contributed by atoms with Crippen LogP contribution in [0.2, 0.25) is 0 Å². The quantitative estimate of drug-likeness (QED) is 0.732. The standard InChI is InChI=1S/C18H17NO3/c1-21-17-5-3-4-14(18(17)22-2)16(20)11-12-6-7-15-13(10-12)8-9-19-15/h3-10,19H,11H2,1-2H3. The summed E-state index contributed by atoms with van der Waals surface area (Å²) in [6, 6.07) is 13.3. The van der Waals surface area contributed by atoms with Gasteiger partial charge in [0.15, 0.2) is 17.3 Å². The number of ketones is 1. The van der Waals surface area contributed by atoms with Crippen LogP contribution in [-0.2, 0) is 6.42 Å². The lowest BCUT2D eigenvalue weighted by atomic mass is 10.0. The predicted octanol–water partition coefficient (Wildman–Crippen LogP) is 3.61. The van der Waals surface area contributed by atoms with Gasteiger partial charge < -0.3 is 14.5 Å². The number of H-pyrrole nitrogens is 1. The topological polar surface area (TPSA) is 51.3 Å². The van der Waals surface area contributed by atoms with Crippen molar-refractivity contribution < 1.29 is 14.3 Å². The van der Waals surface area contributed by atoms with Crippen molar-refractivity contribution in [2.75, 3.05) is 14.2 Å². The maximum Gasteiger partial charge on any atom is 0.171 e. The van der Waals surface area contributed by atoms with Crippen molar-refractivity contribution in [1.82, 2.24) is 4.98 Å². The van der Waals surface area contributed by atoms with E-state index in [1.54, 1.807) is 32.4 Å². The van der Waals surface area contributed by atoms with Gasteiger partial charge in [-0.3, -0.25) is 4.79 Å². The normalized spacial score (nSPS) is 10.6. The van der Waals surface area contributed by atoms with Crippen LogP contribution in [-0.4, -0.2) is 25.0 Å². The van der Waals surface area contributed by atoms with Crippen molar-refractivity contribution in [3.63, 3.8) is 0 Å². The van der Waals surface area contributed by atoms with Gasteiger partial charge >= 0.3 is 0 Å². The number of para-hydroxylation sites is 1. The zero-order valence-corrected chi connectivity index (χ0v) is 12.6. The average Bonchev–Trinajstić information content (AvgIpc) is 3.01. The molecule has 4 nitrogen and oxygen atoms in total. The molecule has 0 radical (unpaired) electrons. The lowest BCUT2D eigenvalue weighted by Gasteiger charge is -2.11. The molecule has 1 N–H and O–H groups in total. The van der Waals surface area contributed by atoms with Crippen LogP contribution >= 0.6 is 0 Å². The smallest absolute Gasteiger partial charge is 0.171 e. The molecule has 0 saturated carbocycles. The van der Waals surface area contributed by atoms with Crippen LogP contribution < -0.4 is 9.47 Å². The molecule has 3 aromatic rings. The molecule has 0 amide bonds. The number of nitrogens with one attached hydrogen (secondary N) is 1. The highest BCUT2D eigenvalue weighted by Crippen LogP contribution is 2.31. The van der Waals surface area contributed by atoms with Crippen LogP contribution in [0.3, 0.4) is 0 Å². The number of benzene rings is 2. The van der Waals surface area contributed by atoms with Gasteiger partial charge in [-0.25, -0.2) is 0 Å². The van der Waals surface area contributed by atoms with E-state index in [9.17, 15) is 4.79 Å². The first-order chi connectivity index (χ1) is 10.7. The van der Waals surface area contributed by atoms with Crippen LogP contribution in [0, 0.1) is 0 Å². The molecule has 0 aliphatic rings. The summed E-state index contributed by atoms with van der Waals surface area (Å²) in [5, 5.41) is 1.10. The Hall–Kier alpha value is -2.75. The Morgan fingerprint density at radius 1 is 1.09 bits per heavy atom. The molecule has 22 heavy (non-hydrogen) atoms. The van der Waals surface area contributed by atoms with Gasteiger partial charge in [0.2, 0.25) is 0 Å². The van der Waals surface area contributed by atoms with Crippen LogP contribution in [0.5, 0.6) is 11.5 Å². The van der Waals surface area contributed by atoms with Crippen LogP contribution in [0.4, 0.5) is 0 Å². The molecule has 0 fully saturated rings. The molecule has 0 spiro atoms. The summed E-state index contributed by atoms with van der Waals surface area (Å²) in [7, 11) is 3.10. The highest BCUT2D eigenvalue weighted by Gasteiger charge is 2.16. The number of hydrogen-bond donors (Lipinski definition) is 1. The summed E-state index contributed by atoms with van der Waals surface area (Å²) < 4.78 is 10.6. The number of hydrogen-bond acceptors (Lipinski definition) is 3. The fourth-order valence-electron chi connectivity index (χ4n) is 2.60. The fourth-order valence-corrected chi connectivity index (χ4v) is 2.60. The zero-order chi connectivity index (χ0) is 15.5. The minimum absolute atomic E-state index is 0.00522. The van der Waals surface area contributed by atoms with Gasteiger partial charge in [0.25, 0.3) is 0 Å². The van der Waals surface area contributed by atoms with Crippen LogP contribution in [0.15, 0.2) is 48.7 Å². The van der Waals surface area contributed by atoms with E-state index >= 15 is 0 Å². The van der Waals surface area contributed by atoms with Gasteiger partial charge in [-0.05, 0) is 41.3 Å². The lowest BCUT2D eigenvalue weighted by Crippen LogP contribution is -2.06. The van der Waals surface area contributed by atoms with Crippen molar-refractivity contribution in [3.8, 4) is 11.5 Å². The molecule has 3 rings (SSSR count). The Morgan fingerprint density at radius 2 is 1.95 bits per heavy atom. The minimum Gasteiger partial charge on any atom is -0.493 e. The molecule has 2 aromatic carbocycles. The molecule has 0 bridgehead atoms. The maximum atomic E-state index is 12.6. The van der Waals surface area contributed by atoms with E-state index in [1.807, 2.05) is 30.5 Å². The largest absolute Gasteiger partial charge is 0.493 e. The summed E-state index contributed by atoms with van der Waals surface area (Å²) in [6.07, 6.45) is 2.21. The van der Waals surface area contributed by atoms with Gasteiger partial charge in [0, 0.05) is 18.1 Å². The Kier molecular flexibility index (Phi) is 3.83. The Morgan fingerprint density at radius 3 is 2.73 bits per heavy atom. The molecule has 112 valence electrons. The Labute approximate surface area is 128 Å². The number of aromatic nitrogens is 1. The number of Topliss-reactive ketones (excluding diaryl/α,β-unsaturated/α-hetero) is 1. The zero-order valence-electron chi connectivity index (χ0n) is 12.6. The molecule has 0 aliphatic carbocycles. The molecule has 0 atom stereocenters. The van der Waals surface area contributed by atoms with Crippen LogP contribution in [0.25, 0.3) is 10.9 Å². The first-order valence-corrected chi connectivity index (χ1v) is 7.03. The highest BCUT2D eigenvalue weighted by atomic mass is 16.5. The molecule has 0 unspecified atom stereocenters. The second kappa shape index (κ2) is 5.93. The Balaban J connectivity index is 1.91.